The zero-order valence-corrected chi connectivity index (χ0v) is 14.0. The van der Waals surface area contributed by atoms with E-state index in [0.29, 0.717) is 29.1 Å². The number of carbonyl (C=O) groups is 2. The molecule has 5 heteroatoms. The molecule has 2 N–H and O–H groups in total. The van der Waals surface area contributed by atoms with E-state index in [1.165, 1.54) is 0 Å². The fraction of sp³-hybridized carbons (Fsp3) is 0.263. The standard InChI is InChI=1S/C19H22N2O3/c1-3-4-12-20-18(22)14-8-10-15(11-9-14)19(23)21-16-6-5-7-17(13-16)24-2/h5-11,13H,3-4,12H2,1-2H3,(H,20,22)(H,21,23). The second-order valence-electron chi connectivity index (χ2n) is 5.37. The fourth-order valence-electron chi connectivity index (χ4n) is 2.16. The third kappa shape index (κ3) is 4.84. The number of unbranched alkanes of at least 4 members (excludes halogenated alkanes) is 1. The Kier molecular flexibility index (Phi) is 6.37. The summed E-state index contributed by atoms with van der Waals surface area (Å²) in [5, 5.41) is 5.65. The topological polar surface area (TPSA) is 67.4 Å². The number of ether oxygens (including phenoxy) is 1. The van der Waals surface area contributed by atoms with E-state index in [1.54, 1.807) is 49.6 Å². The number of rotatable bonds is 7. The van der Waals surface area contributed by atoms with Gasteiger partial charge in [0.1, 0.15) is 5.75 Å². The zero-order valence-electron chi connectivity index (χ0n) is 14.0. The molecular weight excluding hydrogens is 304 g/mol. The summed E-state index contributed by atoms with van der Waals surface area (Å²) in [6.07, 6.45) is 1.98. The number of hydrogen-bond donors (Lipinski definition) is 2. The fourth-order valence-corrected chi connectivity index (χ4v) is 2.16. The van der Waals surface area contributed by atoms with Crippen LogP contribution in [0.25, 0.3) is 0 Å². The predicted molar refractivity (Wildman–Crippen MR) is 94.6 cm³/mol. The Morgan fingerprint density at radius 3 is 2.29 bits per heavy atom. The Hall–Kier alpha value is -2.82. The van der Waals surface area contributed by atoms with Crippen LogP contribution < -0.4 is 15.4 Å². The van der Waals surface area contributed by atoms with Gasteiger partial charge in [0.2, 0.25) is 0 Å². The van der Waals surface area contributed by atoms with Crippen molar-refractivity contribution in [1.82, 2.24) is 5.32 Å². The number of amides is 2. The van der Waals surface area contributed by atoms with Gasteiger partial charge < -0.3 is 15.4 Å². The molecule has 2 amide bonds. The molecule has 0 spiro atoms. The van der Waals surface area contributed by atoms with Crippen molar-refractivity contribution in [3.8, 4) is 5.75 Å². The van der Waals surface area contributed by atoms with Crippen LogP contribution in [-0.2, 0) is 0 Å². The van der Waals surface area contributed by atoms with Crippen molar-refractivity contribution in [3.05, 3.63) is 59.7 Å². The van der Waals surface area contributed by atoms with Crippen LogP contribution in [0.4, 0.5) is 5.69 Å². The van der Waals surface area contributed by atoms with E-state index >= 15 is 0 Å². The largest absolute Gasteiger partial charge is 0.497 e. The van der Waals surface area contributed by atoms with Gasteiger partial charge in [-0.2, -0.15) is 0 Å². The summed E-state index contributed by atoms with van der Waals surface area (Å²) in [6.45, 7) is 2.73. The molecule has 0 bridgehead atoms. The van der Waals surface area contributed by atoms with E-state index in [4.69, 9.17) is 4.74 Å². The van der Waals surface area contributed by atoms with Gasteiger partial charge in [0.25, 0.3) is 11.8 Å². The molecule has 0 fully saturated rings. The van der Waals surface area contributed by atoms with Gasteiger partial charge in [0.15, 0.2) is 0 Å². The Morgan fingerprint density at radius 2 is 1.67 bits per heavy atom. The molecule has 0 radical (unpaired) electrons. The van der Waals surface area contributed by atoms with Gasteiger partial charge in [0.05, 0.1) is 7.11 Å². The highest BCUT2D eigenvalue weighted by atomic mass is 16.5. The molecule has 0 atom stereocenters. The molecule has 126 valence electrons. The Bertz CT molecular complexity index is 696. The molecule has 0 heterocycles. The molecule has 5 nitrogen and oxygen atoms in total. The first-order chi connectivity index (χ1) is 11.6. The first-order valence-corrected chi connectivity index (χ1v) is 7.97. The van der Waals surface area contributed by atoms with Crippen molar-refractivity contribution in [2.45, 2.75) is 19.8 Å². The molecular formula is C19H22N2O3. The molecule has 0 aliphatic carbocycles. The van der Waals surface area contributed by atoms with Crippen LogP contribution in [0.1, 0.15) is 40.5 Å². The van der Waals surface area contributed by atoms with Gasteiger partial charge in [-0.1, -0.05) is 19.4 Å². The van der Waals surface area contributed by atoms with Gasteiger partial charge in [-0.25, -0.2) is 0 Å². The van der Waals surface area contributed by atoms with E-state index in [2.05, 4.69) is 17.6 Å². The molecule has 24 heavy (non-hydrogen) atoms. The Morgan fingerprint density at radius 1 is 1.00 bits per heavy atom. The van der Waals surface area contributed by atoms with Crippen molar-refractivity contribution >= 4 is 17.5 Å². The van der Waals surface area contributed by atoms with Crippen LogP contribution in [0.2, 0.25) is 0 Å². The highest BCUT2D eigenvalue weighted by molar-refractivity contribution is 6.05. The van der Waals surface area contributed by atoms with E-state index in [1.807, 2.05) is 6.07 Å². The third-order valence-corrected chi connectivity index (χ3v) is 3.55. The second kappa shape index (κ2) is 8.72. The molecule has 0 saturated heterocycles. The van der Waals surface area contributed by atoms with Crippen LogP contribution >= 0.6 is 0 Å². The molecule has 0 aliphatic heterocycles. The van der Waals surface area contributed by atoms with Crippen LogP contribution in [0.5, 0.6) is 5.75 Å². The van der Waals surface area contributed by atoms with Crippen molar-refractivity contribution < 1.29 is 14.3 Å². The summed E-state index contributed by atoms with van der Waals surface area (Å²) in [7, 11) is 1.57. The lowest BCUT2D eigenvalue weighted by atomic mass is 10.1. The normalized spacial score (nSPS) is 10.1. The number of benzene rings is 2. The van der Waals surface area contributed by atoms with E-state index in [-0.39, 0.29) is 11.8 Å². The Labute approximate surface area is 142 Å². The third-order valence-electron chi connectivity index (χ3n) is 3.55. The van der Waals surface area contributed by atoms with Crippen LogP contribution in [0.15, 0.2) is 48.5 Å². The average molecular weight is 326 g/mol. The predicted octanol–water partition coefficient (Wildman–Crippen LogP) is 3.48. The van der Waals surface area contributed by atoms with Crippen LogP contribution in [0.3, 0.4) is 0 Å². The lowest BCUT2D eigenvalue weighted by Gasteiger charge is -2.08. The summed E-state index contributed by atoms with van der Waals surface area (Å²) >= 11 is 0. The Balaban J connectivity index is 1.99. The lowest BCUT2D eigenvalue weighted by molar-refractivity contribution is 0.0951. The summed E-state index contributed by atoms with van der Waals surface area (Å²) in [5.41, 5.74) is 1.69. The first-order valence-electron chi connectivity index (χ1n) is 7.97. The lowest BCUT2D eigenvalue weighted by Crippen LogP contribution is -2.24. The molecule has 0 aromatic heterocycles. The molecule has 0 saturated carbocycles. The zero-order chi connectivity index (χ0) is 17.4. The van der Waals surface area contributed by atoms with Gasteiger partial charge in [-0.3, -0.25) is 9.59 Å². The molecule has 0 unspecified atom stereocenters. The van der Waals surface area contributed by atoms with Gasteiger partial charge >= 0.3 is 0 Å². The average Bonchev–Trinajstić information content (AvgIpc) is 2.62. The highest BCUT2D eigenvalue weighted by Gasteiger charge is 2.09. The van der Waals surface area contributed by atoms with Gasteiger partial charge in [-0.15, -0.1) is 0 Å². The van der Waals surface area contributed by atoms with Crippen molar-refractivity contribution in [2.75, 3.05) is 19.0 Å². The smallest absolute Gasteiger partial charge is 0.255 e. The number of nitrogens with one attached hydrogen (secondary N) is 2. The van der Waals surface area contributed by atoms with E-state index in [9.17, 15) is 9.59 Å². The van der Waals surface area contributed by atoms with Crippen molar-refractivity contribution in [3.63, 3.8) is 0 Å². The molecule has 2 rings (SSSR count). The SMILES string of the molecule is CCCCNC(=O)c1ccc(C(=O)Nc2cccc(OC)c2)cc1. The minimum atomic E-state index is -0.235. The highest BCUT2D eigenvalue weighted by Crippen LogP contribution is 2.17. The summed E-state index contributed by atoms with van der Waals surface area (Å²) in [4.78, 5) is 24.2. The van der Waals surface area contributed by atoms with Crippen molar-refractivity contribution in [2.24, 2.45) is 0 Å². The second-order valence-corrected chi connectivity index (χ2v) is 5.37. The summed E-state index contributed by atoms with van der Waals surface area (Å²) in [6, 6.07) is 13.7. The van der Waals surface area contributed by atoms with Gasteiger partial charge in [-0.05, 0) is 42.8 Å². The minimum Gasteiger partial charge on any atom is -0.497 e. The number of hydrogen-bond acceptors (Lipinski definition) is 3. The summed E-state index contributed by atoms with van der Waals surface area (Å²) in [5.74, 6) is 0.316. The maximum atomic E-state index is 12.3. The van der Waals surface area contributed by atoms with E-state index < -0.39 is 0 Å². The number of anilines is 1. The summed E-state index contributed by atoms with van der Waals surface area (Å²) < 4.78 is 5.13. The minimum absolute atomic E-state index is 0.122. The maximum Gasteiger partial charge on any atom is 0.255 e. The first kappa shape index (κ1) is 17.5. The quantitative estimate of drug-likeness (QED) is 0.766. The van der Waals surface area contributed by atoms with E-state index in [0.717, 1.165) is 12.8 Å². The monoisotopic (exact) mass is 326 g/mol. The molecule has 2 aromatic carbocycles. The molecule has 2 aromatic rings. The van der Waals surface area contributed by atoms with Gasteiger partial charge in [0, 0.05) is 29.4 Å². The number of carbonyl (C=O) groups excluding carboxylic acids is 2. The van der Waals surface area contributed by atoms with Crippen molar-refractivity contribution in [1.29, 1.82) is 0 Å². The number of methoxy groups -OCH3 is 1. The van der Waals surface area contributed by atoms with Crippen LogP contribution in [-0.4, -0.2) is 25.5 Å². The van der Waals surface area contributed by atoms with Crippen LogP contribution in [0, 0.1) is 0 Å². The maximum absolute atomic E-state index is 12.3. The molecule has 0 aliphatic rings.